The molecule has 0 radical (unpaired) electrons. The molecule has 1 N–H and O–H groups in total. The van der Waals surface area contributed by atoms with Crippen LogP contribution in [0.5, 0.6) is 0 Å². The van der Waals surface area contributed by atoms with E-state index < -0.39 is 0 Å². The predicted octanol–water partition coefficient (Wildman–Crippen LogP) is 4.05. The minimum atomic E-state index is 0.732. The van der Waals surface area contributed by atoms with Crippen LogP contribution in [0.25, 0.3) is 0 Å². The minimum absolute atomic E-state index is 0.732. The van der Waals surface area contributed by atoms with Gasteiger partial charge in [-0.1, -0.05) is 33.6 Å². The van der Waals surface area contributed by atoms with Crippen molar-refractivity contribution >= 4 is 0 Å². The molecule has 2 aliphatic carbocycles. The van der Waals surface area contributed by atoms with Gasteiger partial charge in [0.05, 0.1) is 0 Å². The fraction of sp³-hybridized carbons (Fsp3) is 1.00. The Morgan fingerprint density at radius 1 is 1.10 bits per heavy atom. The van der Waals surface area contributed by atoms with Crippen molar-refractivity contribution in [3.63, 3.8) is 0 Å². The molecule has 0 amide bonds. The molecular formula is C18H36N2. The quantitative estimate of drug-likeness (QED) is 0.789. The number of likely N-dealkylation sites (N-methyl/N-ethyl adjacent to an activating group) is 1. The van der Waals surface area contributed by atoms with Crippen molar-refractivity contribution in [3.05, 3.63) is 0 Å². The van der Waals surface area contributed by atoms with Crippen molar-refractivity contribution in [2.45, 2.75) is 90.3 Å². The number of nitrogens with one attached hydrogen (secondary N) is 1. The molecule has 2 saturated carbocycles. The second-order valence-corrected chi connectivity index (χ2v) is 7.55. The Hall–Kier alpha value is -0.0800. The summed E-state index contributed by atoms with van der Waals surface area (Å²) in [7, 11) is 2.41. The van der Waals surface area contributed by atoms with Gasteiger partial charge in [-0.3, -0.25) is 4.90 Å². The number of hydrogen-bond donors (Lipinski definition) is 1. The SMILES string of the molecule is CCCNC1CCC(C(C)C)CC1N(C)C1CCCC1. The summed E-state index contributed by atoms with van der Waals surface area (Å²) in [4.78, 5) is 2.76. The summed E-state index contributed by atoms with van der Waals surface area (Å²) >= 11 is 0. The predicted molar refractivity (Wildman–Crippen MR) is 88.1 cm³/mol. The molecule has 0 aliphatic heterocycles. The zero-order valence-corrected chi connectivity index (χ0v) is 14.2. The molecule has 0 aromatic carbocycles. The summed E-state index contributed by atoms with van der Waals surface area (Å²) in [5.74, 6) is 1.78. The molecular weight excluding hydrogens is 244 g/mol. The molecule has 3 unspecified atom stereocenters. The van der Waals surface area contributed by atoms with Crippen LogP contribution in [0.2, 0.25) is 0 Å². The maximum Gasteiger partial charge on any atom is 0.0251 e. The van der Waals surface area contributed by atoms with Gasteiger partial charge in [-0.25, -0.2) is 0 Å². The fourth-order valence-corrected chi connectivity index (χ4v) is 4.38. The highest BCUT2D eigenvalue weighted by atomic mass is 15.2. The van der Waals surface area contributed by atoms with Crippen molar-refractivity contribution < 1.29 is 0 Å². The van der Waals surface area contributed by atoms with Gasteiger partial charge in [0.1, 0.15) is 0 Å². The second-order valence-electron chi connectivity index (χ2n) is 7.55. The van der Waals surface area contributed by atoms with Crippen LogP contribution in [0.1, 0.15) is 72.1 Å². The zero-order chi connectivity index (χ0) is 14.5. The summed E-state index contributed by atoms with van der Waals surface area (Å²) in [5.41, 5.74) is 0. The lowest BCUT2D eigenvalue weighted by Crippen LogP contribution is -2.55. The third-order valence-electron chi connectivity index (χ3n) is 5.88. The first-order valence-corrected chi connectivity index (χ1v) is 9.08. The van der Waals surface area contributed by atoms with Crippen molar-refractivity contribution in [2.75, 3.05) is 13.6 Å². The van der Waals surface area contributed by atoms with Crippen LogP contribution in [0.15, 0.2) is 0 Å². The van der Waals surface area contributed by atoms with E-state index in [0.29, 0.717) is 0 Å². The summed E-state index contributed by atoms with van der Waals surface area (Å²) in [6.45, 7) is 8.29. The summed E-state index contributed by atoms with van der Waals surface area (Å²) in [5, 5.41) is 3.84. The van der Waals surface area contributed by atoms with Crippen molar-refractivity contribution in [1.29, 1.82) is 0 Å². The van der Waals surface area contributed by atoms with Gasteiger partial charge < -0.3 is 5.32 Å². The van der Waals surface area contributed by atoms with E-state index in [-0.39, 0.29) is 0 Å². The Morgan fingerprint density at radius 2 is 1.80 bits per heavy atom. The average Bonchev–Trinajstić information content (AvgIpc) is 2.98. The van der Waals surface area contributed by atoms with Gasteiger partial charge in [-0.05, 0) is 64.0 Å². The Kier molecular flexibility index (Phi) is 6.35. The Morgan fingerprint density at radius 3 is 2.40 bits per heavy atom. The summed E-state index contributed by atoms with van der Waals surface area (Å²) < 4.78 is 0. The molecule has 0 aromatic rings. The molecule has 0 saturated heterocycles. The maximum atomic E-state index is 3.84. The molecule has 2 nitrogen and oxygen atoms in total. The highest BCUT2D eigenvalue weighted by molar-refractivity contribution is 4.93. The van der Waals surface area contributed by atoms with E-state index in [1.807, 2.05) is 0 Å². The number of hydrogen-bond acceptors (Lipinski definition) is 2. The molecule has 0 spiro atoms. The first-order chi connectivity index (χ1) is 9.63. The van der Waals surface area contributed by atoms with E-state index in [0.717, 1.165) is 30.0 Å². The first kappa shape index (κ1) is 16.3. The van der Waals surface area contributed by atoms with Crippen LogP contribution in [-0.2, 0) is 0 Å². The lowest BCUT2D eigenvalue weighted by atomic mass is 9.76. The smallest absolute Gasteiger partial charge is 0.0251 e. The van der Waals surface area contributed by atoms with E-state index in [2.05, 4.69) is 38.0 Å². The van der Waals surface area contributed by atoms with Gasteiger partial charge in [0.2, 0.25) is 0 Å². The van der Waals surface area contributed by atoms with E-state index in [9.17, 15) is 0 Å². The summed E-state index contributed by atoms with van der Waals surface area (Å²) in [6.07, 6.45) is 11.2. The lowest BCUT2D eigenvalue weighted by Gasteiger charge is -2.45. The maximum absolute atomic E-state index is 3.84. The highest BCUT2D eigenvalue weighted by Crippen LogP contribution is 2.35. The van der Waals surface area contributed by atoms with E-state index >= 15 is 0 Å². The fourth-order valence-electron chi connectivity index (χ4n) is 4.38. The van der Waals surface area contributed by atoms with Crippen molar-refractivity contribution in [2.24, 2.45) is 11.8 Å². The van der Waals surface area contributed by atoms with Gasteiger partial charge >= 0.3 is 0 Å². The topological polar surface area (TPSA) is 15.3 Å². The minimum Gasteiger partial charge on any atom is -0.312 e. The lowest BCUT2D eigenvalue weighted by molar-refractivity contribution is 0.0730. The molecule has 2 aliphatic rings. The molecule has 2 heteroatoms. The third kappa shape index (κ3) is 3.98. The largest absolute Gasteiger partial charge is 0.312 e. The van der Waals surface area contributed by atoms with Crippen LogP contribution in [0, 0.1) is 11.8 Å². The van der Waals surface area contributed by atoms with Gasteiger partial charge in [0, 0.05) is 18.1 Å². The molecule has 20 heavy (non-hydrogen) atoms. The molecule has 2 rings (SSSR count). The number of rotatable bonds is 6. The normalized spacial score (nSPS) is 32.4. The molecule has 118 valence electrons. The van der Waals surface area contributed by atoms with Crippen LogP contribution >= 0.6 is 0 Å². The van der Waals surface area contributed by atoms with Gasteiger partial charge in [-0.2, -0.15) is 0 Å². The van der Waals surface area contributed by atoms with Gasteiger partial charge in [0.15, 0.2) is 0 Å². The number of nitrogens with zero attached hydrogens (tertiary/aromatic N) is 1. The summed E-state index contributed by atoms with van der Waals surface area (Å²) in [6, 6.07) is 2.36. The highest BCUT2D eigenvalue weighted by Gasteiger charge is 2.36. The standard InChI is InChI=1S/C18H36N2/c1-5-12-19-17-11-10-15(14(2)3)13-18(17)20(4)16-8-6-7-9-16/h14-19H,5-13H2,1-4H3. The van der Waals surface area contributed by atoms with Crippen LogP contribution < -0.4 is 5.32 Å². The Balaban J connectivity index is 1.99. The van der Waals surface area contributed by atoms with E-state index in [4.69, 9.17) is 0 Å². The van der Waals surface area contributed by atoms with Crippen LogP contribution in [-0.4, -0.2) is 36.6 Å². The Bertz CT molecular complexity index is 271. The van der Waals surface area contributed by atoms with Gasteiger partial charge in [0.25, 0.3) is 0 Å². The Labute approximate surface area is 126 Å². The monoisotopic (exact) mass is 280 g/mol. The second kappa shape index (κ2) is 7.79. The van der Waals surface area contributed by atoms with Crippen LogP contribution in [0.4, 0.5) is 0 Å². The molecule has 0 heterocycles. The first-order valence-electron chi connectivity index (χ1n) is 9.08. The van der Waals surface area contributed by atoms with Gasteiger partial charge in [-0.15, -0.1) is 0 Å². The van der Waals surface area contributed by atoms with E-state index in [1.165, 1.54) is 57.9 Å². The van der Waals surface area contributed by atoms with Crippen molar-refractivity contribution in [3.8, 4) is 0 Å². The average molecular weight is 280 g/mol. The third-order valence-corrected chi connectivity index (χ3v) is 5.88. The van der Waals surface area contributed by atoms with Crippen molar-refractivity contribution in [1.82, 2.24) is 10.2 Å². The zero-order valence-electron chi connectivity index (χ0n) is 14.2. The molecule has 3 atom stereocenters. The molecule has 0 aromatic heterocycles. The molecule has 2 fully saturated rings. The van der Waals surface area contributed by atoms with E-state index in [1.54, 1.807) is 0 Å². The molecule has 0 bridgehead atoms. The van der Waals surface area contributed by atoms with Crippen LogP contribution in [0.3, 0.4) is 0 Å².